The van der Waals surface area contributed by atoms with Crippen molar-refractivity contribution in [1.29, 1.82) is 0 Å². The van der Waals surface area contributed by atoms with Gasteiger partial charge in [0.15, 0.2) is 17.4 Å². The maximum atomic E-state index is 14.4. The van der Waals surface area contributed by atoms with Gasteiger partial charge in [-0.05, 0) is 72.9 Å². The second-order valence-electron chi connectivity index (χ2n) is 8.34. The predicted octanol–water partition coefficient (Wildman–Crippen LogP) is 8.07. The molecule has 1 aliphatic rings. The average Bonchev–Trinajstić information content (AvgIpc) is 2.75. The highest BCUT2D eigenvalue weighted by Crippen LogP contribution is 2.44. The lowest BCUT2D eigenvalue weighted by molar-refractivity contribution is -0.306. The van der Waals surface area contributed by atoms with Crippen LogP contribution in [0.15, 0.2) is 24.3 Å². The molecule has 0 saturated heterocycles. The van der Waals surface area contributed by atoms with E-state index in [0.717, 1.165) is 12.1 Å². The molecular formula is C23H19F11O. The molecular weight excluding hydrogens is 501 g/mol. The quantitative estimate of drug-likeness (QED) is 0.336. The van der Waals surface area contributed by atoms with Gasteiger partial charge in [0.25, 0.3) is 6.17 Å². The highest BCUT2D eigenvalue weighted by molar-refractivity contribution is 5.35. The van der Waals surface area contributed by atoms with Crippen molar-refractivity contribution in [3.8, 4) is 5.75 Å². The van der Waals surface area contributed by atoms with E-state index in [1.54, 1.807) is 0 Å². The summed E-state index contributed by atoms with van der Waals surface area (Å²) in [5.74, 6) is -8.15. The molecule has 1 fully saturated rings. The van der Waals surface area contributed by atoms with E-state index in [0.29, 0.717) is 12.1 Å². The number of ether oxygens (including phenoxy) is 1. The van der Waals surface area contributed by atoms with E-state index in [4.69, 9.17) is 0 Å². The van der Waals surface area contributed by atoms with Gasteiger partial charge in [-0.25, -0.2) is 22.0 Å². The summed E-state index contributed by atoms with van der Waals surface area (Å²) in [6.45, 7) is -0.783. The second-order valence-corrected chi connectivity index (χ2v) is 8.34. The van der Waals surface area contributed by atoms with Crippen molar-refractivity contribution in [1.82, 2.24) is 0 Å². The summed E-state index contributed by atoms with van der Waals surface area (Å²) in [4.78, 5) is 0. The van der Waals surface area contributed by atoms with Crippen LogP contribution in [0.1, 0.15) is 54.2 Å². The first-order valence-corrected chi connectivity index (χ1v) is 10.5. The van der Waals surface area contributed by atoms with Crippen molar-refractivity contribution in [3.05, 3.63) is 64.2 Å². The Morgan fingerprint density at radius 2 is 1.26 bits per heavy atom. The van der Waals surface area contributed by atoms with E-state index < -0.39 is 66.0 Å². The van der Waals surface area contributed by atoms with Crippen molar-refractivity contribution in [2.24, 2.45) is 0 Å². The molecule has 12 heteroatoms. The van der Waals surface area contributed by atoms with Crippen molar-refractivity contribution >= 4 is 0 Å². The van der Waals surface area contributed by atoms with Crippen molar-refractivity contribution in [3.63, 3.8) is 0 Å². The lowest BCUT2D eigenvalue weighted by Gasteiger charge is -2.30. The number of halogens is 11. The molecule has 0 heterocycles. The molecule has 0 aromatic heterocycles. The number of rotatable bonds is 7. The fraction of sp³-hybridized carbons (Fsp3) is 0.478. The summed E-state index contributed by atoms with van der Waals surface area (Å²) < 4.78 is 150. The summed E-state index contributed by atoms with van der Waals surface area (Å²) >= 11 is 0. The number of hydrogen-bond donors (Lipinski definition) is 0. The minimum atomic E-state index is -6.03. The normalized spacial score (nSPS) is 20.1. The van der Waals surface area contributed by atoms with Crippen LogP contribution in [0.5, 0.6) is 5.75 Å². The third kappa shape index (κ3) is 6.00. The molecule has 0 radical (unpaired) electrons. The summed E-state index contributed by atoms with van der Waals surface area (Å²) in [5, 5.41) is 0. The molecule has 0 spiro atoms. The van der Waals surface area contributed by atoms with Gasteiger partial charge in [-0.1, -0.05) is 0 Å². The molecule has 35 heavy (non-hydrogen) atoms. The monoisotopic (exact) mass is 520 g/mol. The first kappa shape index (κ1) is 27.1. The Labute approximate surface area is 192 Å². The van der Waals surface area contributed by atoms with Crippen LogP contribution >= 0.6 is 0 Å². The van der Waals surface area contributed by atoms with Crippen LogP contribution in [0.4, 0.5) is 48.3 Å². The molecule has 1 nitrogen and oxygen atoms in total. The maximum absolute atomic E-state index is 14.4. The zero-order chi connectivity index (χ0) is 26.1. The zero-order valence-corrected chi connectivity index (χ0v) is 17.8. The fourth-order valence-electron chi connectivity index (χ4n) is 4.29. The highest BCUT2D eigenvalue weighted by Gasteiger charge is 2.59. The van der Waals surface area contributed by atoms with Gasteiger partial charge in [0.05, 0.1) is 6.67 Å². The Balaban J connectivity index is 1.73. The van der Waals surface area contributed by atoms with Crippen LogP contribution in [0, 0.1) is 23.3 Å². The van der Waals surface area contributed by atoms with Gasteiger partial charge in [0.2, 0.25) is 0 Å². The summed E-state index contributed by atoms with van der Waals surface area (Å²) in [5.41, 5.74) is -0.0473. The van der Waals surface area contributed by atoms with Crippen LogP contribution in [0.2, 0.25) is 0 Å². The van der Waals surface area contributed by atoms with Crippen molar-refractivity contribution < 1.29 is 53.0 Å². The van der Waals surface area contributed by atoms with E-state index in [1.807, 2.05) is 0 Å². The number of hydrogen-bond acceptors (Lipinski definition) is 1. The van der Waals surface area contributed by atoms with Gasteiger partial charge in [-0.2, -0.15) is 22.0 Å². The zero-order valence-electron chi connectivity index (χ0n) is 17.8. The SMILES string of the molecule is FCCc1cc(F)c(C2CCC(c3cc(F)c(OC(F)(F)C(F)C(F)(F)F)c(F)c3)CC2)c(F)c1. The summed E-state index contributed by atoms with van der Waals surface area (Å²) in [7, 11) is 0. The maximum Gasteiger partial charge on any atom is 0.439 e. The van der Waals surface area contributed by atoms with E-state index in [9.17, 15) is 48.3 Å². The Kier molecular flexibility index (Phi) is 7.90. The van der Waals surface area contributed by atoms with E-state index in [2.05, 4.69) is 4.74 Å². The molecule has 194 valence electrons. The van der Waals surface area contributed by atoms with Gasteiger partial charge >= 0.3 is 12.3 Å². The van der Waals surface area contributed by atoms with E-state index >= 15 is 0 Å². The van der Waals surface area contributed by atoms with Crippen LogP contribution < -0.4 is 4.74 Å². The third-order valence-corrected chi connectivity index (χ3v) is 5.97. The van der Waals surface area contributed by atoms with Crippen LogP contribution in [-0.4, -0.2) is 25.1 Å². The molecule has 0 amide bonds. The number of benzene rings is 2. The van der Waals surface area contributed by atoms with Crippen LogP contribution in [0.25, 0.3) is 0 Å². The van der Waals surface area contributed by atoms with Gasteiger partial charge in [-0.15, -0.1) is 0 Å². The van der Waals surface area contributed by atoms with Crippen molar-refractivity contribution in [2.45, 2.75) is 62.4 Å². The molecule has 1 atom stereocenters. The average molecular weight is 520 g/mol. The Morgan fingerprint density at radius 1 is 0.771 bits per heavy atom. The number of aryl methyl sites for hydroxylation is 1. The van der Waals surface area contributed by atoms with Crippen LogP contribution in [0.3, 0.4) is 0 Å². The molecule has 2 aromatic carbocycles. The van der Waals surface area contributed by atoms with E-state index in [1.165, 1.54) is 0 Å². The Hall–Kier alpha value is -2.53. The van der Waals surface area contributed by atoms with Gasteiger partial charge in [0, 0.05) is 12.0 Å². The predicted molar refractivity (Wildman–Crippen MR) is 103 cm³/mol. The Bertz CT molecular complexity index is 996. The van der Waals surface area contributed by atoms with Crippen molar-refractivity contribution in [2.75, 3.05) is 6.67 Å². The molecule has 3 rings (SSSR count). The van der Waals surface area contributed by atoms with Gasteiger partial charge in [-0.3, -0.25) is 4.39 Å². The standard InChI is InChI=1S/C23H19F11O/c24-6-5-11-7-15(25)19(16(26)8-11)13-3-1-12(2-4-13)14-9-17(27)20(18(28)10-14)35-23(33,34)21(29)22(30,31)32/h7-10,12-13,21H,1-6H2. The molecule has 1 unspecified atom stereocenters. The summed E-state index contributed by atoms with van der Waals surface area (Å²) in [6.07, 6.45) is -15.8. The molecule has 2 aromatic rings. The first-order valence-electron chi connectivity index (χ1n) is 10.5. The largest absolute Gasteiger partial charge is 0.439 e. The van der Waals surface area contributed by atoms with Gasteiger partial charge < -0.3 is 4.74 Å². The minimum Gasteiger partial charge on any atom is -0.424 e. The molecule has 0 bridgehead atoms. The molecule has 1 aliphatic carbocycles. The highest BCUT2D eigenvalue weighted by atomic mass is 19.4. The second kappa shape index (κ2) is 10.2. The smallest absolute Gasteiger partial charge is 0.424 e. The van der Waals surface area contributed by atoms with Gasteiger partial charge in [0.1, 0.15) is 11.6 Å². The molecule has 1 saturated carbocycles. The lowest BCUT2D eigenvalue weighted by atomic mass is 9.75. The summed E-state index contributed by atoms with van der Waals surface area (Å²) in [6, 6.07) is 3.27. The minimum absolute atomic E-state index is 0.0269. The molecule has 0 N–H and O–H groups in total. The van der Waals surface area contributed by atoms with E-state index in [-0.39, 0.29) is 48.8 Å². The number of alkyl halides is 7. The first-order chi connectivity index (χ1) is 16.2. The molecule has 0 aliphatic heterocycles. The lowest BCUT2D eigenvalue weighted by Crippen LogP contribution is -2.46. The third-order valence-electron chi connectivity index (χ3n) is 5.97. The topological polar surface area (TPSA) is 9.23 Å². The fourth-order valence-corrected chi connectivity index (χ4v) is 4.29. The Morgan fingerprint density at radius 3 is 1.71 bits per heavy atom. The van der Waals surface area contributed by atoms with Crippen LogP contribution in [-0.2, 0) is 6.42 Å².